The van der Waals surface area contributed by atoms with Gasteiger partial charge in [0.05, 0.1) is 17.7 Å². The van der Waals surface area contributed by atoms with Crippen molar-refractivity contribution >= 4 is 28.1 Å². The fourth-order valence-corrected chi connectivity index (χ4v) is 3.31. The minimum atomic E-state index is -0.0964. The predicted molar refractivity (Wildman–Crippen MR) is 94.0 cm³/mol. The van der Waals surface area contributed by atoms with Crippen LogP contribution in [-0.2, 0) is 4.74 Å². The van der Waals surface area contributed by atoms with Crippen molar-refractivity contribution in [1.82, 2.24) is 10.3 Å². The number of hydrogen-bond donors (Lipinski definition) is 1. The minimum Gasteiger partial charge on any atom is -0.383 e. The molecule has 0 saturated heterocycles. The molecule has 1 amide bonds. The highest BCUT2D eigenvalue weighted by Gasteiger charge is 2.14. The molecule has 0 bridgehead atoms. The first kappa shape index (κ1) is 15.6. The van der Waals surface area contributed by atoms with Gasteiger partial charge in [-0.15, -0.1) is 11.3 Å². The first-order chi connectivity index (χ1) is 11.2. The molecule has 3 rings (SSSR count). The van der Waals surface area contributed by atoms with E-state index < -0.39 is 0 Å². The van der Waals surface area contributed by atoms with E-state index in [0.29, 0.717) is 18.7 Å². The molecule has 2 heterocycles. The van der Waals surface area contributed by atoms with Gasteiger partial charge in [-0.2, -0.15) is 0 Å². The Morgan fingerprint density at radius 2 is 2.17 bits per heavy atom. The van der Waals surface area contributed by atoms with Crippen LogP contribution in [0.15, 0.2) is 41.8 Å². The molecular weight excluding hydrogens is 308 g/mol. The van der Waals surface area contributed by atoms with Crippen LogP contribution in [0.5, 0.6) is 0 Å². The van der Waals surface area contributed by atoms with Gasteiger partial charge >= 0.3 is 0 Å². The van der Waals surface area contributed by atoms with Crippen LogP contribution >= 0.6 is 11.3 Å². The number of nitrogens with zero attached hydrogens (tertiary/aromatic N) is 1. The van der Waals surface area contributed by atoms with Crippen molar-refractivity contribution in [3.8, 4) is 10.4 Å². The quantitative estimate of drug-likeness (QED) is 0.728. The van der Waals surface area contributed by atoms with E-state index in [1.807, 2.05) is 42.6 Å². The molecule has 0 atom stereocenters. The highest BCUT2D eigenvalue weighted by atomic mass is 32.1. The molecule has 0 aliphatic rings. The van der Waals surface area contributed by atoms with Crippen LogP contribution in [0.25, 0.3) is 21.3 Å². The number of carbonyl (C=O) groups excluding carboxylic acids is 1. The second-order valence-corrected chi connectivity index (χ2v) is 6.19. The number of methoxy groups -OCH3 is 1. The van der Waals surface area contributed by atoms with Crippen LogP contribution < -0.4 is 5.32 Å². The first-order valence-electron chi connectivity index (χ1n) is 7.42. The number of aryl methyl sites for hydroxylation is 1. The van der Waals surface area contributed by atoms with Gasteiger partial charge in [-0.3, -0.25) is 9.78 Å². The Hall–Kier alpha value is -2.24. The Morgan fingerprint density at radius 1 is 1.30 bits per heavy atom. The fourth-order valence-electron chi connectivity index (χ4n) is 2.56. The zero-order valence-corrected chi connectivity index (χ0v) is 13.9. The third-order valence-electron chi connectivity index (χ3n) is 3.59. The maximum atomic E-state index is 12.5. The topological polar surface area (TPSA) is 51.2 Å². The number of carbonyl (C=O) groups is 1. The molecule has 3 aromatic rings. The second-order valence-electron chi connectivity index (χ2n) is 5.24. The van der Waals surface area contributed by atoms with E-state index in [1.54, 1.807) is 18.4 Å². The van der Waals surface area contributed by atoms with E-state index in [9.17, 15) is 4.79 Å². The summed E-state index contributed by atoms with van der Waals surface area (Å²) < 4.78 is 4.98. The van der Waals surface area contributed by atoms with Crippen LogP contribution in [0.2, 0.25) is 0 Å². The molecule has 4 nitrogen and oxygen atoms in total. The zero-order chi connectivity index (χ0) is 16.2. The summed E-state index contributed by atoms with van der Waals surface area (Å²) in [6, 6.07) is 11.9. The van der Waals surface area contributed by atoms with Crippen molar-refractivity contribution in [2.24, 2.45) is 0 Å². The lowest BCUT2D eigenvalue weighted by Crippen LogP contribution is -2.27. The summed E-state index contributed by atoms with van der Waals surface area (Å²) >= 11 is 1.67. The van der Waals surface area contributed by atoms with E-state index in [-0.39, 0.29) is 5.91 Å². The van der Waals surface area contributed by atoms with Crippen LogP contribution in [0.3, 0.4) is 0 Å². The normalized spacial score (nSPS) is 10.9. The van der Waals surface area contributed by atoms with Crippen molar-refractivity contribution in [3.63, 3.8) is 0 Å². The van der Waals surface area contributed by atoms with E-state index in [2.05, 4.69) is 16.4 Å². The number of fused-ring (bicyclic) bond motifs is 1. The number of hydrogen-bond acceptors (Lipinski definition) is 4. The minimum absolute atomic E-state index is 0.0964. The van der Waals surface area contributed by atoms with Gasteiger partial charge in [0.25, 0.3) is 5.91 Å². The van der Waals surface area contributed by atoms with Gasteiger partial charge in [-0.25, -0.2) is 0 Å². The Bertz CT molecular complexity index is 828. The molecule has 5 heteroatoms. The molecule has 1 aromatic carbocycles. The van der Waals surface area contributed by atoms with Gasteiger partial charge in [0.15, 0.2) is 0 Å². The van der Waals surface area contributed by atoms with Crippen molar-refractivity contribution < 1.29 is 9.53 Å². The number of nitrogens with one attached hydrogen (secondary N) is 1. The van der Waals surface area contributed by atoms with Crippen LogP contribution in [0.4, 0.5) is 0 Å². The second kappa shape index (κ2) is 6.89. The van der Waals surface area contributed by atoms with E-state index in [0.717, 1.165) is 27.0 Å². The predicted octanol–water partition coefficient (Wildman–Crippen LogP) is 3.65. The van der Waals surface area contributed by atoms with Gasteiger partial charge in [0.2, 0.25) is 0 Å². The average molecular weight is 326 g/mol. The lowest BCUT2D eigenvalue weighted by atomic mass is 10.0. The van der Waals surface area contributed by atoms with Crippen molar-refractivity contribution in [1.29, 1.82) is 0 Å². The molecule has 0 fully saturated rings. The van der Waals surface area contributed by atoms with Gasteiger partial charge in [0, 0.05) is 35.2 Å². The molecule has 0 spiro atoms. The van der Waals surface area contributed by atoms with Gasteiger partial charge < -0.3 is 10.1 Å². The van der Waals surface area contributed by atoms with Crippen molar-refractivity contribution in [3.05, 3.63) is 53.0 Å². The molecule has 118 valence electrons. The lowest BCUT2D eigenvalue weighted by molar-refractivity contribution is 0.0938. The van der Waals surface area contributed by atoms with E-state index in [4.69, 9.17) is 4.74 Å². The van der Waals surface area contributed by atoms with Crippen molar-refractivity contribution in [2.75, 3.05) is 20.3 Å². The summed E-state index contributed by atoms with van der Waals surface area (Å²) in [5.41, 5.74) is 3.42. The molecule has 2 aromatic heterocycles. The smallest absolute Gasteiger partial charge is 0.252 e. The molecule has 23 heavy (non-hydrogen) atoms. The molecule has 0 unspecified atom stereocenters. The maximum Gasteiger partial charge on any atom is 0.252 e. The number of pyridine rings is 1. The number of thiophene rings is 1. The zero-order valence-electron chi connectivity index (χ0n) is 13.1. The third kappa shape index (κ3) is 3.25. The Labute approximate surface area is 139 Å². The molecule has 0 radical (unpaired) electrons. The monoisotopic (exact) mass is 326 g/mol. The summed E-state index contributed by atoms with van der Waals surface area (Å²) in [6.07, 6.45) is 0. The van der Waals surface area contributed by atoms with Crippen LogP contribution in [0.1, 0.15) is 16.1 Å². The SMILES string of the molecule is COCCNC(=O)c1cc(C)nc2c(-c3cccs3)cccc12. The Kier molecular flexibility index (Phi) is 4.69. The van der Waals surface area contributed by atoms with E-state index >= 15 is 0 Å². The molecule has 0 aliphatic carbocycles. The van der Waals surface area contributed by atoms with Crippen molar-refractivity contribution in [2.45, 2.75) is 6.92 Å². The Balaban J connectivity index is 2.09. The summed E-state index contributed by atoms with van der Waals surface area (Å²) in [5.74, 6) is -0.0964. The summed E-state index contributed by atoms with van der Waals surface area (Å²) in [5, 5.41) is 5.80. The summed E-state index contributed by atoms with van der Waals surface area (Å²) in [7, 11) is 1.62. The van der Waals surface area contributed by atoms with Gasteiger partial charge in [-0.05, 0) is 24.4 Å². The Morgan fingerprint density at radius 3 is 2.91 bits per heavy atom. The molecule has 0 aliphatic heterocycles. The highest BCUT2D eigenvalue weighted by molar-refractivity contribution is 7.13. The molecule has 1 N–H and O–H groups in total. The maximum absolute atomic E-state index is 12.5. The number of para-hydroxylation sites is 1. The summed E-state index contributed by atoms with van der Waals surface area (Å²) in [4.78, 5) is 18.3. The average Bonchev–Trinajstić information content (AvgIpc) is 3.08. The number of aromatic nitrogens is 1. The number of benzene rings is 1. The number of rotatable bonds is 5. The lowest BCUT2D eigenvalue weighted by Gasteiger charge is -2.11. The molecule has 0 saturated carbocycles. The van der Waals surface area contributed by atoms with Crippen LogP contribution in [0, 0.1) is 6.92 Å². The number of ether oxygens (including phenoxy) is 1. The van der Waals surface area contributed by atoms with Gasteiger partial charge in [0.1, 0.15) is 0 Å². The largest absolute Gasteiger partial charge is 0.383 e. The standard InChI is InChI=1S/C18H18N2O2S/c1-12-11-15(18(21)19-8-9-22-2)13-5-3-6-14(17(13)20-12)16-7-4-10-23-16/h3-7,10-11H,8-9H2,1-2H3,(H,19,21). The molecular formula is C18H18N2O2S. The van der Waals surface area contributed by atoms with E-state index in [1.165, 1.54) is 0 Å². The fraction of sp³-hybridized carbons (Fsp3) is 0.222. The van der Waals surface area contributed by atoms with Gasteiger partial charge in [-0.1, -0.05) is 24.3 Å². The number of amides is 1. The first-order valence-corrected chi connectivity index (χ1v) is 8.30. The highest BCUT2D eigenvalue weighted by Crippen LogP contribution is 2.32. The third-order valence-corrected chi connectivity index (χ3v) is 4.49. The summed E-state index contributed by atoms with van der Waals surface area (Å²) in [6.45, 7) is 2.90. The van der Waals surface area contributed by atoms with Crippen LogP contribution in [-0.4, -0.2) is 31.2 Å².